The lowest BCUT2D eigenvalue weighted by Crippen LogP contribution is -2.48. The number of unbranched alkanes of at least 4 members (excludes halogenated alkanes) is 4. The molecule has 0 spiro atoms. The topological polar surface area (TPSA) is 0 Å². The summed E-state index contributed by atoms with van der Waals surface area (Å²) in [5.41, 5.74) is 0. The van der Waals surface area contributed by atoms with Crippen molar-refractivity contribution in [1.29, 1.82) is 0 Å². The van der Waals surface area contributed by atoms with Crippen molar-refractivity contribution in [3.63, 3.8) is 0 Å². The summed E-state index contributed by atoms with van der Waals surface area (Å²) in [7, 11) is -1.51. The standard InChI is InChI=1S/C22H42Si2/c1-5-9-17-23(18-10-6-2)21-15-13-14-16-22(21)24(19-11-7-3)20-12-8-4/h13-16,23-24H,5-12,17-20H2,1-4H3. The smallest absolute Gasteiger partial charge is 0.0654 e. The maximum atomic E-state index is 2.55. The Bertz CT molecular complexity index is 361. The first-order valence-electron chi connectivity index (χ1n) is 10.9. The highest BCUT2D eigenvalue weighted by atomic mass is 28.3. The molecule has 0 atom stereocenters. The summed E-state index contributed by atoms with van der Waals surface area (Å²) in [5, 5.41) is 3.78. The molecule has 0 fully saturated rings. The second kappa shape index (κ2) is 13.9. The minimum absolute atomic E-state index is 0.756. The third-order valence-electron chi connectivity index (χ3n) is 5.50. The van der Waals surface area contributed by atoms with Crippen molar-refractivity contribution in [2.24, 2.45) is 0 Å². The summed E-state index contributed by atoms with van der Waals surface area (Å²) in [6.07, 6.45) is 11.3. The van der Waals surface area contributed by atoms with Crippen molar-refractivity contribution in [2.75, 3.05) is 0 Å². The van der Waals surface area contributed by atoms with Gasteiger partial charge in [0.2, 0.25) is 0 Å². The van der Waals surface area contributed by atoms with E-state index in [1.807, 2.05) is 10.4 Å². The van der Waals surface area contributed by atoms with Crippen molar-refractivity contribution in [1.82, 2.24) is 0 Å². The molecule has 138 valence electrons. The molecule has 0 bridgehead atoms. The van der Waals surface area contributed by atoms with Gasteiger partial charge in [0.05, 0.1) is 17.6 Å². The van der Waals surface area contributed by atoms with Gasteiger partial charge in [-0.1, -0.05) is 138 Å². The largest absolute Gasteiger partial charge is 0.0706 e. The van der Waals surface area contributed by atoms with E-state index in [2.05, 4.69) is 52.0 Å². The lowest BCUT2D eigenvalue weighted by Gasteiger charge is -2.24. The fraction of sp³-hybridized carbons (Fsp3) is 0.727. The van der Waals surface area contributed by atoms with Crippen LogP contribution in [0.3, 0.4) is 0 Å². The summed E-state index contributed by atoms with van der Waals surface area (Å²) in [6.45, 7) is 9.43. The average Bonchev–Trinajstić information content (AvgIpc) is 2.62. The lowest BCUT2D eigenvalue weighted by atomic mass is 10.3. The third-order valence-corrected chi connectivity index (χ3v) is 13.1. The van der Waals surface area contributed by atoms with E-state index in [9.17, 15) is 0 Å². The van der Waals surface area contributed by atoms with Crippen LogP contribution in [0.4, 0.5) is 0 Å². The Labute approximate surface area is 155 Å². The fourth-order valence-corrected chi connectivity index (χ4v) is 12.7. The summed E-state index contributed by atoms with van der Waals surface area (Å²) < 4.78 is 0. The predicted molar refractivity (Wildman–Crippen MR) is 119 cm³/mol. The molecule has 0 aliphatic carbocycles. The zero-order chi connectivity index (χ0) is 17.6. The van der Waals surface area contributed by atoms with Gasteiger partial charge in [0.1, 0.15) is 0 Å². The van der Waals surface area contributed by atoms with Crippen molar-refractivity contribution in [3.05, 3.63) is 24.3 Å². The van der Waals surface area contributed by atoms with Gasteiger partial charge in [-0.25, -0.2) is 0 Å². The molecule has 1 aromatic rings. The molecule has 0 amide bonds. The molecule has 0 aliphatic heterocycles. The van der Waals surface area contributed by atoms with E-state index < -0.39 is 17.6 Å². The van der Waals surface area contributed by atoms with Crippen molar-refractivity contribution < 1.29 is 0 Å². The molecule has 0 N–H and O–H groups in total. The minimum Gasteiger partial charge on any atom is -0.0654 e. The molecule has 0 radical (unpaired) electrons. The molecule has 2 heteroatoms. The Hall–Kier alpha value is -0.346. The van der Waals surface area contributed by atoms with Crippen LogP contribution in [0.5, 0.6) is 0 Å². The lowest BCUT2D eigenvalue weighted by molar-refractivity contribution is 0.844. The number of benzene rings is 1. The van der Waals surface area contributed by atoms with Gasteiger partial charge in [0, 0.05) is 0 Å². The van der Waals surface area contributed by atoms with E-state index in [0.717, 1.165) is 0 Å². The quantitative estimate of drug-likeness (QED) is 0.369. The summed E-state index contributed by atoms with van der Waals surface area (Å²) in [6, 6.07) is 15.9. The number of rotatable bonds is 14. The third kappa shape index (κ3) is 7.69. The van der Waals surface area contributed by atoms with E-state index >= 15 is 0 Å². The maximum absolute atomic E-state index is 2.55. The Morgan fingerprint density at radius 2 is 0.833 bits per heavy atom. The molecule has 1 rings (SSSR count). The number of hydrogen-bond donors (Lipinski definition) is 0. The molecule has 0 aliphatic rings. The first-order valence-corrected chi connectivity index (χ1v) is 15.3. The zero-order valence-electron chi connectivity index (χ0n) is 16.9. The molecule has 0 nitrogen and oxygen atoms in total. The molecule has 24 heavy (non-hydrogen) atoms. The molecule has 0 saturated heterocycles. The van der Waals surface area contributed by atoms with Crippen molar-refractivity contribution in [3.8, 4) is 0 Å². The second-order valence-electron chi connectivity index (χ2n) is 7.59. The molecular formula is C22H42Si2. The summed E-state index contributed by atoms with van der Waals surface area (Å²) >= 11 is 0. The first kappa shape index (κ1) is 21.7. The first-order chi connectivity index (χ1) is 11.8. The van der Waals surface area contributed by atoms with Crippen LogP contribution in [0.2, 0.25) is 24.2 Å². The van der Waals surface area contributed by atoms with Crippen LogP contribution >= 0.6 is 0 Å². The number of hydrogen-bond acceptors (Lipinski definition) is 0. The fourth-order valence-electron chi connectivity index (χ4n) is 3.97. The van der Waals surface area contributed by atoms with Crippen LogP contribution in [-0.2, 0) is 0 Å². The van der Waals surface area contributed by atoms with Crippen molar-refractivity contribution in [2.45, 2.75) is 103 Å². The second-order valence-corrected chi connectivity index (χ2v) is 13.9. The summed E-state index contributed by atoms with van der Waals surface area (Å²) in [5.74, 6) is 0. The van der Waals surface area contributed by atoms with Crippen LogP contribution < -0.4 is 10.4 Å². The monoisotopic (exact) mass is 362 g/mol. The highest BCUT2D eigenvalue weighted by Gasteiger charge is 2.21. The van der Waals surface area contributed by atoms with Gasteiger partial charge in [-0.05, 0) is 0 Å². The van der Waals surface area contributed by atoms with E-state index in [4.69, 9.17) is 0 Å². The normalized spacial score (nSPS) is 11.6. The Morgan fingerprint density at radius 1 is 0.542 bits per heavy atom. The molecule has 0 heterocycles. The Morgan fingerprint density at radius 3 is 1.08 bits per heavy atom. The van der Waals surface area contributed by atoms with Gasteiger partial charge in [0.25, 0.3) is 0 Å². The van der Waals surface area contributed by atoms with Gasteiger partial charge < -0.3 is 0 Å². The Balaban J connectivity index is 3.01. The Kier molecular flexibility index (Phi) is 12.6. The van der Waals surface area contributed by atoms with Gasteiger partial charge >= 0.3 is 0 Å². The predicted octanol–water partition coefficient (Wildman–Crippen LogP) is 5.76. The van der Waals surface area contributed by atoms with Crippen LogP contribution in [0.15, 0.2) is 24.3 Å². The van der Waals surface area contributed by atoms with E-state index in [1.165, 1.54) is 75.5 Å². The van der Waals surface area contributed by atoms with Crippen LogP contribution in [0, 0.1) is 0 Å². The molecule has 0 saturated carbocycles. The summed E-state index contributed by atoms with van der Waals surface area (Å²) in [4.78, 5) is 0. The molecular weight excluding hydrogens is 320 g/mol. The van der Waals surface area contributed by atoms with Gasteiger partial charge in [-0.15, -0.1) is 0 Å². The van der Waals surface area contributed by atoms with E-state index in [1.54, 1.807) is 0 Å². The molecule has 0 unspecified atom stereocenters. The molecule has 1 aromatic carbocycles. The van der Waals surface area contributed by atoms with Gasteiger partial charge in [0.15, 0.2) is 0 Å². The van der Waals surface area contributed by atoms with Crippen molar-refractivity contribution >= 4 is 28.0 Å². The average molecular weight is 363 g/mol. The van der Waals surface area contributed by atoms with E-state index in [-0.39, 0.29) is 0 Å². The SMILES string of the molecule is CCCC[SiH](CCCC)c1ccccc1[SiH](CCCC)CCCC. The van der Waals surface area contributed by atoms with Gasteiger partial charge in [-0.2, -0.15) is 0 Å². The van der Waals surface area contributed by atoms with Crippen LogP contribution in [-0.4, -0.2) is 17.6 Å². The van der Waals surface area contributed by atoms with Crippen LogP contribution in [0.25, 0.3) is 0 Å². The van der Waals surface area contributed by atoms with E-state index in [0.29, 0.717) is 0 Å². The highest BCUT2D eigenvalue weighted by Crippen LogP contribution is 2.14. The molecule has 0 aromatic heterocycles. The zero-order valence-corrected chi connectivity index (χ0v) is 19.3. The maximum Gasteiger partial charge on any atom is 0.0706 e. The minimum atomic E-state index is -0.756. The van der Waals surface area contributed by atoms with Gasteiger partial charge in [-0.3, -0.25) is 0 Å². The van der Waals surface area contributed by atoms with Crippen LogP contribution in [0.1, 0.15) is 79.1 Å². The highest BCUT2D eigenvalue weighted by molar-refractivity contribution is 6.84.